The van der Waals surface area contributed by atoms with Crippen molar-refractivity contribution in [3.63, 3.8) is 0 Å². The third-order valence-electron chi connectivity index (χ3n) is 1.47. The molecule has 0 atom stereocenters. The van der Waals surface area contributed by atoms with Crippen LogP contribution >= 0.6 is 0 Å². The topological polar surface area (TPSA) is 56.3 Å². The number of halogens is 1. The van der Waals surface area contributed by atoms with Crippen molar-refractivity contribution < 1.29 is 18.7 Å². The third-order valence-corrected chi connectivity index (χ3v) is 1.47. The van der Waals surface area contributed by atoms with Crippen LogP contribution in [0.15, 0.2) is 18.3 Å². The lowest BCUT2D eigenvalue weighted by molar-refractivity contribution is -0.139. The van der Waals surface area contributed by atoms with Gasteiger partial charge in [-0.05, 0) is 12.1 Å². The van der Waals surface area contributed by atoms with E-state index in [1.54, 1.807) is 0 Å². The Morgan fingerprint density at radius 2 is 2.29 bits per heavy atom. The van der Waals surface area contributed by atoms with Crippen molar-refractivity contribution >= 4 is 11.8 Å². The van der Waals surface area contributed by atoms with E-state index >= 15 is 0 Å². The van der Waals surface area contributed by atoms with Gasteiger partial charge in [0.25, 0.3) is 0 Å². The first-order valence-corrected chi connectivity index (χ1v) is 3.88. The zero-order chi connectivity index (χ0) is 10.6. The van der Waals surface area contributed by atoms with Gasteiger partial charge in [0, 0.05) is 13.1 Å². The van der Waals surface area contributed by atoms with Crippen LogP contribution in [-0.2, 0) is 9.53 Å². The average molecular weight is 197 g/mol. The summed E-state index contributed by atoms with van der Waals surface area (Å²) in [5, 5.41) is 0. The van der Waals surface area contributed by atoms with Crippen molar-refractivity contribution in [1.82, 2.24) is 4.98 Å². The Kier molecular flexibility index (Phi) is 3.28. The second-order valence-electron chi connectivity index (χ2n) is 2.55. The fraction of sp³-hybridized carbons (Fsp3) is 0.222. The quantitative estimate of drug-likeness (QED) is 0.411. The molecule has 1 aromatic heterocycles. The lowest BCUT2D eigenvalue weighted by Crippen LogP contribution is -2.13. The lowest BCUT2D eigenvalue weighted by Gasteiger charge is -2.01. The molecule has 5 heteroatoms. The van der Waals surface area contributed by atoms with E-state index in [1.807, 2.05) is 0 Å². The van der Waals surface area contributed by atoms with Crippen molar-refractivity contribution in [2.24, 2.45) is 0 Å². The number of hydrogen-bond acceptors (Lipinski definition) is 4. The molecule has 1 heterocycles. The van der Waals surface area contributed by atoms with E-state index in [1.165, 1.54) is 25.3 Å². The number of aromatic nitrogens is 1. The minimum atomic E-state index is -0.857. The van der Waals surface area contributed by atoms with E-state index < -0.39 is 24.3 Å². The summed E-state index contributed by atoms with van der Waals surface area (Å²) in [6.45, 7) is 0.713. The molecule has 4 nitrogen and oxygen atoms in total. The van der Waals surface area contributed by atoms with Gasteiger partial charge in [0.2, 0.25) is 11.7 Å². The van der Waals surface area contributed by atoms with Crippen LogP contribution < -0.4 is 0 Å². The summed E-state index contributed by atoms with van der Waals surface area (Å²) in [4.78, 5) is 24.9. The Morgan fingerprint density at radius 3 is 2.86 bits per heavy atom. The Morgan fingerprint density at radius 1 is 1.57 bits per heavy atom. The van der Waals surface area contributed by atoms with Crippen LogP contribution in [0.5, 0.6) is 0 Å². The van der Waals surface area contributed by atoms with Gasteiger partial charge in [-0.1, -0.05) is 0 Å². The van der Waals surface area contributed by atoms with Gasteiger partial charge in [-0.2, -0.15) is 4.39 Å². The minimum Gasteiger partial charge on any atom is -0.457 e. The first-order chi connectivity index (χ1) is 6.61. The maximum absolute atomic E-state index is 12.9. The fourth-order valence-electron chi connectivity index (χ4n) is 0.839. The molecule has 1 rings (SSSR count). The van der Waals surface area contributed by atoms with E-state index in [-0.39, 0.29) is 5.56 Å². The average Bonchev–Trinajstić information content (AvgIpc) is 2.15. The van der Waals surface area contributed by atoms with Crippen LogP contribution in [0.3, 0.4) is 0 Å². The van der Waals surface area contributed by atoms with E-state index in [9.17, 15) is 14.0 Å². The van der Waals surface area contributed by atoms with E-state index in [0.717, 1.165) is 0 Å². The molecule has 0 bridgehead atoms. The van der Waals surface area contributed by atoms with Crippen molar-refractivity contribution in [2.75, 3.05) is 6.61 Å². The zero-order valence-corrected chi connectivity index (χ0v) is 7.49. The molecule has 0 aliphatic carbocycles. The van der Waals surface area contributed by atoms with Gasteiger partial charge in [0.05, 0.1) is 5.56 Å². The highest BCUT2D eigenvalue weighted by Gasteiger charge is 2.12. The number of pyridine rings is 1. The van der Waals surface area contributed by atoms with Gasteiger partial charge in [-0.3, -0.25) is 9.59 Å². The number of ketones is 1. The van der Waals surface area contributed by atoms with E-state index in [4.69, 9.17) is 0 Å². The molecular weight excluding hydrogens is 189 g/mol. The van der Waals surface area contributed by atoms with Crippen LogP contribution in [0.25, 0.3) is 0 Å². The van der Waals surface area contributed by atoms with Crippen molar-refractivity contribution in [2.45, 2.75) is 6.92 Å². The monoisotopic (exact) mass is 197 g/mol. The molecule has 0 radical (unpaired) electrons. The Hall–Kier alpha value is -1.78. The van der Waals surface area contributed by atoms with Crippen LogP contribution in [0.4, 0.5) is 4.39 Å². The first-order valence-electron chi connectivity index (χ1n) is 3.88. The number of esters is 1. The number of hydrogen-bond donors (Lipinski definition) is 0. The lowest BCUT2D eigenvalue weighted by atomic mass is 10.2. The number of carbonyl (C=O) groups is 2. The highest BCUT2D eigenvalue weighted by Crippen LogP contribution is 2.04. The molecule has 14 heavy (non-hydrogen) atoms. The molecule has 0 aliphatic heterocycles. The standard InChI is InChI=1S/C9H8FNO3/c1-6(12)14-5-8(13)7-3-2-4-11-9(7)10/h2-4H,5H2,1H3. The summed E-state index contributed by atoms with van der Waals surface area (Å²) < 4.78 is 17.3. The largest absolute Gasteiger partial charge is 0.457 e. The number of ether oxygens (including phenoxy) is 1. The van der Waals surface area contributed by atoms with Gasteiger partial charge in [-0.25, -0.2) is 4.98 Å². The van der Waals surface area contributed by atoms with Gasteiger partial charge < -0.3 is 4.74 Å². The Balaban J connectivity index is 2.70. The van der Waals surface area contributed by atoms with Gasteiger partial charge >= 0.3 is 5.97 Å². The number of carbonyl (C=O) groups excluding carboxylic acids is 2. The maximum Gasteiger partial charge on any atom is 0.303 e. The number of Topliss-reactive ketones (excluding diaryl/α,β-unsaturated/α-hetero) is 1. The highest BCUT2D eigenvalue weighted by atomic mass is 19.1. The molecular formula is C9H8FNO3. The van der Waals surface area contributed by atoms with Crippen molar-refractivity contribution in [1.29, 1.82) is 0 Å². The number of nitrogens with zero attached hydrogens (tertiary/aromatic N) is 1. The SMILES string of the molecule is CC(=O)OCC(=O)c1cccnc1F. The second-order valence-corrected chi connectivity index (χ2v) is 2.55. The summed E-state index contributed by atoms with van der Waals surface area (Å²) in [5.74, 6) is -2.04. The maximum atomic E-state index is 12.9. The van der Waals surface area contributed by atoms with Gasteiger partial charge in [0.15, 0.2) is 6.61 Å². The third kappa shape index (κ3) is 2.62. The molecule has 0 N–H and O–H groups in total. The molecule has 0 saturated heterocycles. The second kappa shape index (κ2) is 4.45. The zero-order valence-electron chi connectivity index (χ0n) is 7.49. The molecule has 1 aromatic rings. The normalized spacial score (nSPS) is 9.57. The van der Waals surface area contributed by atoms with Crippen molar-refractivity contribution in [3.8, 4) is 0 Å². The predicted octanol–water partition coefficient (Wildman–Crippen LogP) is 0.967. The summed E-state index contributed by atoms with van der Waals surface area (Å²) >= 11 is 0. The molecule has 74 valence electrons. The van der Waals surface area contributed by atoms with Crippen LogP contribution in [-0.4, -0.2) is 23.3 Å². The Labute approximate surface area is 79.7 Å². The summed E-state index contributed by atoms with van der Waals surface area (Å²) in [6.07, 6.45) is 1.23. The van der Waals surface area contributed by atoms with Crippen LogP contribution in [0.2, 0.25) is 0 Å². The van der Waals surface area contributed by atoms with E-state index in [2.05, 4.69) is 9.72 Å². The molecule has 0 aromatic carbocycles. The van der Waals surface area contributed by atoms with Gasteiger partial charge in [-0.15, -0.1) is 0 Å². The number of rotatable bonds is 3. The predicted molar refractivity (Wildman–Crippen MR) is 45.2 cm³/mol. The molecule has 0 fully saturated rings. The fourth-order valence-corrected chi connectivity index (χ4v) is 0.839. The summed E-state index contributed by atoms with van der Waals surface area (Å²) in [7, 11) is 0. The summed E-state index contributed by atoms with van der Waals surface area (Å²) in [5.41, 5.74) is -0.172. The molecule has 0 unspecified atom stereocenters. The summed E-state index contributed by atoms with van der Waals surface area (Å²) in [6, 6.07) is 2.72. The van der Waals surface area contributed by atoms with Crippen LogP contribution in [0, 0.1) is 5.95 Å². The first kappa shape index (κ1) is 10.3. The van der Waals surface area contributed by atoms with Gasteiger partial charge in [0.1, 0.15) is 0 Å². The smallest absolute Gasteiger partial charge is 0.303 e. The van der Waals surface area contributed by atoms with Crippen molar-refractivity contribution in [3.05, 3.63) is 29.8 Å². The molecule has 0 amide bonds. The molecule has 0 spiro atoms. The molecule has 0 saturated carbocycles. The van der Waals surface area contributed by atoms with Crippen LogP contribution in [0.1, 0.15) is 17.3 Å². The minimum absolute atomic E-state index is 0.172. The molecule has 0 aliphatic rings. The highest BCUT2D eigenvalue weighted by molar-refractivity contribution is 5.97. The Bertz CT molecular complexity index is 365. The van der Waals surface area contributed by atoms with E-state index in [0.29, 0.717) is 0 Å².